The summed E-state index contributed by atoms with van der Waals surface area (Å²) < 4.78 is 4.84. The summed E-state index contributed by atoms with van der Waals surface area (Å²) >= 11 is 0. The number of hydrogen-bond acceptors (Lipinski definition) is 4. The Labute approximate surface area is 95.1 Å². The summed E-state index contributed by atoms with van der Waals surface area (Å²) in [6.45, 7) is 5.30. The van der Waals surface area contributed by atoms with Gasteiger partial charge in [-0.1, -0.05) is 18.2 Å². The van der Waals surface area contributed by atoms with Crippen molar-refractivity contribution in [1.82, 2.24) is 0 Å². The van der Waals surface area contributed by atoms with Crippen LogP contribution in [0.4, 0.5) is 0 Å². The summed E-state index contributed by atoms with van der Waals surface area (Å²) in [6.07, 6.45) is 0. The monoisotopic (exact) mass is 224 g/mol. The first-order chi connectivity index (χ1) is 7.49. The summed E-state index contributed by atoms with van der Waals surface area (Å²) in [5, 5.41) is 0. The number of carbonyl (C=O) groups excluding carboxylic acids is 1. The molecular formula is C12H16O4. The Balaban J connectivity index is 2.27. The van der Waals surface area contributed by atoms with E-state index in [-0.39, 0.29) is 6.79 Å². The van der Waals surface area contributed by atoms with Gasteiger partial charge in [0.15, 0.2) is 0 Å². The summed E-state index contributed by atoms with van der Waals surface area (Å²) in [6, 6.07) is 8.71. The Bertz CT molecular complexity index is 327. The quantitative estimate of drug-likeness (QED) is 0.259. The fraction of sp³-hybridized carbons (Fsp3) is 0.417. The van der Waals surface area contributed by atoms with Crippen molar-refractivity contribution in [2.75, 3.05) is 6.79 Å². The summed E-state index contributed by atoms with van der Waals surface area (Å²) in [7, 11) is 0. The maximum absolute atomic E-state index is 11.4. The molecule has 4 heteroatoms. The lowest BCUT2D eigenvalue weighted by molar-refractivity contribution is -0.373. The van der Waals surface area contributed by atoms with Crippen LogP contribution in [0.15, 0.2) is 30.3 Å². The van der Waals surface area contributed by atoms with E-state index in [0.717, 1.165) is 0 Å². The molecule has 88 valence electrons. The zero-order chi connectivity index (χ0) is 12.0. The molecule has 0 saturated carbocycles. The van der Waals surface area contributed by atoms with Crippen molar-refractivity contribution in [3.8, 4) is 0 Å². The zero-order valence-corrected chi connectivity index (χ0v) is 9.73. The van der Waals surface area contributed by atoms with Gasteiger partial charge in [0, 0.05) is 0 Å². The van der Waals surface area contributed by atoms with Gasteiger partial charge in [-0.05, 0) is 32.9 Å². The van der Waals surface area contributed by atoms with Gasteiger partial charge in [0.2, 0.25) is 6.79 Å². The standard InChI is InChI=1S/C12H16O4/c1-12(2,3)16-15-9-14-11(13)10-7-5-4-6-8-10/h4-8H,9H2,1-3H3. The van der Waals surface area contributed by atoms with Gasteiger partial charge >= 0.3 is 5.97 Å². The molecule has 0 saturated heterocycles. The first kappa shape index (κ1) is 12.7. The SMILES string of the molecule is CC(C)(C)OOCOC(=O)c1ccccc1. The van der Waals surface area contributed by atoms with E-state index in [0.29, 0.717) is 5.56 Å². The van der Waals surface area contributed by atoms with Crippen LogP contribution in [0, 0.1) is 0 Å². The van der Waals surface area contributed by atoms with E-state index in [1.54, 1.807) is 24.3 Å². The number of hydrogen-bond donors (Lipinski definition) is 0. The highest BCUT2D eigenvalue weighted by molar-refractivity contribution is 5.89. The number of esters is 1. The van der Waals surface area contributed by atoms with E-state index in [1.165, 1.54) is 0 Å². The van der Waals surface area contributed by atoms with Crippen LogP contribution in [0.5, 0.6) is 0 Å². The maximum atomic E-state index is 11.4. The van der Waals surface area contributed by atoms with Crippen LogP contribution in [0.25, 0.3) is 0 Å². The Kier molecular flexibility index (Phi) is 4.46. The van der Waals surface area contributed by atoms with Crippen molar-refractivity contribution in [3.63, 3.8) is 0 Å². The van der Waals surface area contributed by atoms with Gasteiger partial charge in [0.1, 0.15) is 0 Å². The molecule has 0 unspecified atom stereocenters. The van der Waals surface area contributed by atoms with E-state index in [9.17, 15) is 4.79 Å². The van der Waals surface area contributed by atoms with E-state index in [1.807, 2.05) is 26.8 Å². The van der Waals surface area contributed by atoms with Crippen LogP contribution in [-0.4, -0.2) is 18.4 Å². The second-order valence-electron chi connectivity index (χ2n) is 4.23. The third kappa shape index (κ3) is 4.91. The second kappa shape index (κ2) is 5.63. The number of rotatable bonds is 4. The molecule has 0 aliphatic carbocycles. The third-order valence-electron chi connectivity index (χ3n) is 1.56. The molecule has 1 aromatic carbocycles. The molecule has 0 fully saturated rings. The molecule has 0 heterocycles. The molecule has 0 spiro atoms. The van der Waals surface area contributed by atoms with Crippen LogP contribution in [0.1, 0.15) is 31.1 Å². The van der Waals surface area contributed by atoms with E-state index >= 15 is 0 Å². The van der Waals surface area contributed by atoms with Gasteiger partial charge < -0.3 is 4.74 Å². The summed E-state index contributed by atoms with van der Waals surface area (Å²) in [5.74, 6) is -0.432. The van der Waals surface area contributed by atoms with Gasteiger partial charge in [-0.15, -0.1) is 0 Å². The average molecular weight is 224 g/mol. The lowest BCUT2D eigenvalue weighted by atomic mass is 10.2. The molecular weight excluding hydrogens is 208 g/mol. The Morgan fingerprint density at radius 2 is 1.81 bits per heavy atom. The molecule has 1 aromatic rings. The van der Waals surface area contributed by atoms with Crippen LogP contribution in [-0.2, 0) is 14.5 Å². The van der Waals surface area contributed by atoms with Gasteiger partial charge in [-0.3, -0.25) is 0 Å². The van der Waals surface area contributed by atoms with E-state index < -0.39 is 11.6 Å². The average Bonchev–Trinajstić information content (AvgIpc) is 2.24. The third-order valence-corrected chi connectivity index (χ3v) is 1.56. The van der Waals surface area contributed by atoms with Crippen molar-refractivity contribution in [1.29, 1.82) is 0 Å². The first-order valence-corrected chi connectivity index (χ1v) is 5.02. The Hall–Kier alpha value is -1.39. The van der Waals surface area contributed by atoms with Crippen molar-refractivity contribution in [3.05, 3.63) is 35.9 Å². The van der Waals surface area contributed by atoms with Gasteiger partial charge in [0.25, 0.3) is 0 Å². The smallest absolute Gasteiger partial charge is 0.340 e. The Morgan fingerprint density at radius 1 is 1.19 bits per heavy atom. The molecule has 0 radical (unpaired) electrons. The molecule has 0 atom stereocenters. The molecule has 0 aliphatic rings. The Morgan fingerprint density at radius 3 is 2.38 bits per heavy atom. The van der Waals surface area contributed by atoms with Gasteiger partial charge in [-0.25, -0.2) is 9.68 Å². The summed E-state index contributed by atoms with van der Waals surface area (Å²) in [5.41, 5.74) is 0.0703. The zero-order valence-electron chi connectivity index (χ0n) is 9.73. The van der Waals surface area contributed by atoms with Crippen molar-refractivity contribution in [2.24, 2.45) is 0 Å². The largest absolute Gasteiger partial charge is 0.432 e. The predicted molar refractivity (Wildman–Crippen MR) is 58.6 cm³/mol. The first-order valence-electron chi connectivity index (χ1n) is 5.02. The highest BCUT2D eigenvalue weighted by atomic mass is 17.2. The minimum absolute atomic E-state index is 0.217. The number of ether oxygens (including phenoxy) is 1. The minimum Gasteiger partial charge on any atom is -0.432 e. The van der Waals surface area contributed by atoms with Crippen molar-refractivity contribution < 1.29 is 19.3 Å². The summed E-state index contributed by atoms with van der Waals surface area (Å²) in [4.78, 5) is 21.1. The normalized spacial score (nSPS) is 11.2. The van der Waals surface area contributed by atoms with Crippen LogP contribution in [0.2, 0.25) is 0 Å². The molecule has 4 nitrogen and oxygen atoms in total. The van der Waals surface area contributed by atoms with E-state index in [2.05, 4.69) is 0 Å². The maximum Gasteiger partial charge on any atom is 0.340 e. The van der Waals surface area contributed by atoms with Crippen LogP contribution in [0.3, 0.4) is 0 Å². The topological polar surface area (TPSA) is 44.8 Å². The minimum atomic E-state index is -0.432. The van der Waals surface area contributed by atoms with Crippen LogP contribution < -0.4 is 0 Å². The second-order valence-corrected chi connectivity index (χ2v) is 4.23. The molecule has 0 amide bonds. The molecule has 0 bridgehead atoms. The predicted octanol–water partition coefficient (Wildman–Crippen LogP) is 2.55. The molecule has 0 N–H and O–H groups in total. The molecule has 1 rings (SSSR count). The molecule has 16 heavy (non-hydrogen) atoms. The van der Waals surface area contributed by atoms with Crippen molar-refractivity contribution in [2.45, 2.75) is 26.4 Å². The lowest BCUT2D eigenvalue weighted by Crippen LogP contribution is -2.21. The molecule has 0 aromatic heterocycles. The van der Waals surface area contributed by atoms with Crippen LogP contribution >= 0.6 is 0 Å². The van der Waals surface area contributed by atoms with Gasteiger partial charge in [-0.2, -0.15) is 4.89 Å². The van der Waals surface area contributed by atoms with E-state index in [4.69, 9.17) is 14.5 Å². The van der Waals surface area contributed by atoms with Crippen molar-refractivity contribution >= 4 is 5.97 Å². The lowest BCUT2D eigenvalue weighted by Gasteiger charge is -2.17. The number of benzene rings is 1. The fourth-order valence-corrected chi connectivity index (χ4v) is 0.936. The number of carbonyl (C=O) groups is 1. The fourth-order valence-electron chi connectivity index (χ4n) is 0.936. The molecule has 0 aliphatic heterocycles. The van der Waals surface area contributed by atoms with Gasteiger partial charge in [0.05, 0.1) is 11.2 Å². The highest BCUT2D eigenvalue weighted by Gasteiger charge is 2.12. The highest BCUT2D eigenvalue weighted by Crippen LogP contribution is 2.07.